The number of hydrogen-bond donors (Lipinski definition) is 1. The van der Waals surface area contributed by atoms with Crippen molar-refractivity contribution in [1.82, 2.24) is 5.32 Å². The molecule has 0 aliphatic rings. The highest BCUT2D eigenvalue weighted by Crippen LogP contribution is 2.04. The zero-order chi connectivity index (χ0) is 14.0. The van der Waals surface area contributed by atoms with Crippen LogP contribution in [0, 0.1) is 11.8 Å². The molecule has 2 aromatic rings. The quantitative estimate of drug-likeness (QED) is 0.812. The summed E-state index contributed by atoms with van der Waals surface area (Å²) >= 11 is 0. The standard InChI is InChI=1S/C19H21N/c1-17(14-15-19-11-6-3-7-12-19)20-16-8-13-18-9-4-2-5-10-18/h2-7,9-12,17,20H,14-16H2,1H3. The fourth-order valence-electron chi connectivity index (χ4n) is 2.02. The van der Waals surface area contributed by atoms with Crippen molar-refractivity contribution >= 4 is 0 Å². The van der Waals surface area contributed by atoms with E-state index in [-0.39, 0.29) is 0 Å². The maximum Gasteiger partial charge on any atom is 0.0582 e. The van der Waals surface area contributed by atoms with E-state index < -0.39 is 0 Å². The Kier molecular flexibility index (Phi) is 5.89. The van der Waals surface area contributed by atoms with Gasteiger partial charge in [-0.25, -0.2) is 0 Å². The topological polar surface area (TPSA) is 12.0 Å². The normalized spacial score (nSPS) is 11.4. The lowest BCUT2D eigenvalue weighted by molar-refractivity contribution is 0.546. The lowest BCUT2D eigenvalue weighted by atomic mass is 10.1. The van der Waals surface area contributed by atoms with Gasteiger partial charge in [-0.3, -0.25) is 0 Å². The minimum Gasteiger partial charge on any atom is -0.304 e. The van der Waals surface area contributed by atoms with Crippen LogP contribution in [0.1, 0.15) is 24.5 Å². The Hall–Kier alpha value is -2.04. The summed E-state index contributed by atoms with van der Waals surface area (Å²) in [5, 5.41) is 3.45. The third kappa shape index (κ3) is 5.30. The van der Waals surface area contributed by atoms with Crippen LogP contribution >= 0.6 is 0 Å². The number of rotatable bonds is 5. The van der Waals surface area contributed by atoms with Gasteiger partial charge in [0.25, 0.3) is 0 Å². The van der Waals surface area contributed by atoms with Crippen LogP contribution in [0.4, 0.5) is 0 Å². The lowest BCUT2D eigenvalue weighted by Gasteiger charge is -2.11. The second kappa shape index (κ2) is 8.19. The molecule has 20 heavy (non-hydrogen) atoms. The molecule has 1 nitrogen and oxygen atoms in total. The molecule has 2 aromatic carbocycles. The molecule has 1 unspecified atom stereocenters. The van der Waals surface area contributed by atoms with Crippen molar-refractivity contribution in [3.05, 3.63) is 71.8 Å². The van der Waals surface area contributed by atoms with Gasteiger partial charge in [0.2, 0.25) is 0 Å². The van der Waals surface area contributed by atoms with E-state index in [1.807, 2.05) is 30.3 Å². The Balaban J connectivity index is 1.68. The fraction of sp³-hybridized carbons (Fsp3) is 0.263. The van der Waals surface area contributed by atoms with Crippen molar-refractivity contribution in [3.63, 3.8) is 0 Å². The molecular weight excluding hydrogens is 242 g/mol. The zero-order valence-electron chi connectivity index (χ0n) is 12.0. The van der Waals surface area contributed by atoms with Crippen LogP contribution in [0.5, 0.6) is 0 Å². The summed E-state index contributed by atoms with van der Waals surface area (Å²) in [6.07, 6.45) is 2.25. The number of aryl methyl sites for hydroxylation is 1. The molecule has 0 aliphatic heterocycles. The second-order valence-electron chi connectivity index (χ2n) is 4.97. The van der Waals surface area contributed by atoms with Gasteiger partial charge in [-0.1, -0.05) is 60.4 Å². The molecule has 1 heteroatoms. The predicted octanol–water partition coefficient (Wildman–Crippen LogP) is 3.65. The first-order valence-electron chi connectivity index (χ1n) is 7.16. The van der Waals surface area contributed by atoms with E-state index in [0.717, 1.165) is 24.9 Å². The van der Waals surface area contributed by atoms with Crippen LogP contribution in [0.25, 0.3) is 0 Å². The van der Waals surface area contributed by atoms with Crippen LogP contribution in [-0.2, 0) is 6.42 Å². The molecule has 0 spiro atoms. The highest BCUT2D eigenvalue weighted by molar-refractivity contribution is 5.33. The van der Waals surface area contributed by atoms with Gasteiger partial charge >= 0.3 is 0 Å². The maximum atomic E-state index is 3.45. The molecule has 0 saturated carbocycles. The van der Waals surface area contributed by atoms with Gasteiger partial charge < -0.3 is 5.32 Å². The van der Waals surface area contributed by atoms with E-state index in [1.165, 1.54) is 5.56 Å². The third-order valence-corrected chi connectivity index (χ3v) is 3.25. The molecule has 0 radical (unpaired) electrons. The Labute approximate surface area is 122 Å². The van der Waals surface area contributed by atoms with E-state index in [4.69, 9.17) is 0 Å². The van der Waals surface area contributed by atoms with E-state index in [9.17, 15) is 0 Å². The van der Waals surface area contributed by atoms with Crippen molar-refractivity contribution < 1.29 is 0 Å². The molecule has 1 N–H and O–H groups in total. The molecule has 0 amide bonds. The molecule has 0 aliphatic carbocycles. The van der Waals surface area contributed by atoms with Gasteiger partial charge in [0.15, 0.2) is 0 Å². The van der Waals surface area contributed by atoms with Crippen LogP contribution in [-0.4, -0.2) is 12.6 Å². The number of hydrogen-bond acceptors (Lipinski definition) is 1. The molecule has 102 valence electrons. The van der Waals surface area contributed by atoms with E-state index >= 15 is 0 Å². The van der Waals surface area contributed by atoms with Crippen LogP contribution in [0.2, 0.25) is 0 Å². The Morgan fingerprint density at radius 2 is 1.60 bits per heavy atom. The molecule has 0 fully saturated rings. The van der Waals surface area contributed by atoms with Crippen LogP contribution in [0.3, 0.4) is 0 Å². The SMILES string of the molecule is CC(CCc1ccccc1)NCC#Cc1ccccc1. The zero-order valence-corrected chi connectivity index (χ0v) is 12.0. The molecule has 1 atom stereocenters. The van der Waals surface area contributed by atoms with Gasteiger partial charge in [-0.15, -0.1) is 0 Å². The average Bonchev–Trinajstić information content (AvgIpc) is 2.52. The van der Waals surface area contributed by atoms with E-state index in [0.29, 0.717) is 6.04 Å². The highest BCUT2D eigenvalue weighted by atomic mass is 14.9. The Bertz CT molecular complexity index is 549. The van der Waals surface area contributed by atoms with Crippen LogP contribution < -0.4 is 5.32 Å². The number of benzene rings is 2. The van der Waals surface area contributed by atoms with Crippen molar-refractivity contribution in [3.8, 4) is 11.8 Å². The third-order valence-electron chi connectivity index (χ3n) is 3.25. The first kappa shape index (κ1) is 14.4. The smallest absolute Gasteiger partial charge is 0.0582 e. The first-order valence-corrected chi connectivity index (χ1v) is 7.16. The highest BCUT2D eigenvalue weighted by Gasteiger charge is 2.00. The van der Waals surface area contributed by atoms with Gasteiger partial charge in [0, 0.05) is 11.6 Å². The summed E-state index contributed by atoms with van der Waals surface area (Å²) in [7, 11) is 0. The van der Waals surface area contributed by atoms with Gasteiger partial charge in [-0.05, 0) is 37.5 Å². The monoisotopic (exact) mass is 263 g/mol. The summed E-state index contributed by atoms with van der Waals surface area (Å²) < 4.78 is 0. The Morgan fingerprint density at radius 1 is 0.950 bits per heavy atom. The van der Waals surface area contributed by atoms with E-state index in [1.54, 1.807) is 0 Å². The maximum absolute atomic E-state index is 3.45. The van der Waals surface area contributed by atoms with Gasteiger partial charge in [0.05, 0.1) is 6.54 Å². The Morgan fingerprint density at radius 3 is 2.30 bits per heavy atom. The molecule has 0 aromatic heterocycles. The molecule has 2 rings (SSSR count). The summed E-state index contributed by atoms with van der Waals surface area (Å²) in [4.78, 5) is 0. The predicted molar refractivity (Wildman–Crippen MR) is 85.5 cm³/mol. The molecule has 0 bridgehead atoms. The van der Waals surface area contributed by atoms with E-state index in [2.05, 4.69) is 54.4 Å². The minimum atomic E-state index is 0.486. The van der Waals surface area contributed by atoms with Gasteiger partial charge in [0.1, 0.15) is 0 Å². The van der Waals surface area contributed by atoms with Crippen molar-refractivity contribution in [2.75, 3.05) is 6.54 Å². The average molecular weight is 263 g/mol. The minimum absolute atomic E-state index is 0.486. The second-order valence-corrected chi connectivity index (χ2v) is 4.97. The van der Waals surface area contributed by atoms with Crippen molar-refractivity contribution in [2.24, 2.45) is 0 Å². The number of nitrogens with one attached hydrogen (secondary N) is 1. The molecule has 0 heterocycles. The van der Waals surface area contributed by atoms with Gasteiger partial charge in [-0.2, -0.15) is 0 Å². The molecular formula is C19H21N. The van der Waals surface area contributed by atoms with Crippen molar-refractivity contribution in [2.45, 2.75) is 25.8 Å². The summed E-state index contributed by atoms with van der Waals surface area (Å²) in [5.41, 5.74) is 2.47. The summed E-state index contributed by atoms with van der Waals surface area (Å²) in [5.74, 6) is 6.33. The summed E-state index contributed by atoms with van der Waals surface area (Å²) in [6, 6.07) is 21.2. The summed E-state index contributed by atoms with van der Waals surface area (Å²) in [6.45, 7) is 2.96. The fourth-order valence-corrected chi connectivity index (χ4v) is 2.02. The van der Waals surface area contributed by atoms with Crippen molar-refractivity contribution in [1.29, 1.82) is 0 Å². The lowest BCUT2D eigenvalue weighted by Crippen LogP contribution is -2.26. The largest absolute Gasteiger partial charge is 0.304 e. The van der Waals surface area contributed by atoms with Crippen LogP contribution in [0.15, 0.2) is 60.7 Å². The first-order chi connectivity index (χ1) is 9.84. The molecule has 0 saturated heterocycles.